The van der Waals surface area contributed by atoms with Crippen LogP contribution in [0.4, 0.5) is 0 Å². The van der Waals surface area contributed by atoms with Gasteiger partial charge in [0.1, 0.15) is 0 Å². The van der Waals surface area contributed by atoms with Gasteiger partial charge in [-0.3, -0.25) is 0 Å². The van der Waals surface area contributed by atoms with Crippen molar-refractivity contribution < 1.29 is 4.74 Å². The maximum Gasteiger partial charge on any atom is 0.191 e. The molecule has 0 saturated heterocycles. The fraction of sp³-hybridized carbons (Fsp3) is 0.789. The highest BCUT2D eigenvalue weighted by atomic mass is 32.1. The number of aliphatic imine (C=N–C) groups is 1. The molecule has 0 aromatic carbocycles. The van der Waals surface area contributed by atoms with Crippen LogP contribution in [0, 0.1) is 11.3 Å². The number of thiazole rings is 1. The van der Waals surface area contributed by atoms with Crippen LogP contribution in [0.15, 0.2) is 11.2 Å². The van der Waals surface area contributed by atoms with E-state index in [-0.39, 0.29) is 0 Å². The van der Waals surface area contributed by atoms with E-state index in [1.54, 1.807) is 18.4 Å². The van der Waals surface area contributed by atoms with Gasteiger partial charge in [-0.15, -0.1) is 11.3 Å². The first-order chi connectivity index (χ1) is 12.1. The van der Waals surface area contributed by atoms with Crippen LogP contribution >= 0.6 is 11.3 Å². The molecular weight excluding hydrogens is 332 g/mol. The first-order valence-electron chi connectivity index (χ1n) is 9.51. The van der Waals surface area contributed by atoms with Gasteiger partial charge in [0, 0.05) is 44.3 Å². The second-order valence-corrected chi connectivity index (χ2v) is 8.66. The van der Waals surface area contributed by atoms with Crippen molar-refractivity contribution in [2.45, 2.75) is 59.4 Å². The van der Waals surface area contributed by atoms with Gasteiger partial charge in [-0.1, -0.05) is 20.3 Å². The lowest BCUT2D eigenvalue weighted by Gasteiger charge is -2.42. The first kappa shape index (κ1) is 20.2. The molecule has 0 amide bonds. The lowest BCUT2D eigenvalue weighted by Crippen LogP contribution is -2.46. The second kappa shape index (κ2) is 10.1. The molecule has 0 spiro atoms. The summed E-state index contributed by atoms with van der Waals surface area (Å²) in [5.41, 5.74) is 0.390. The summed E-state index contributed by atoms with van der Waals surface area (Å²) in [4.78, 5) is 10.5. The normalized spacial score (nSPS) is 16.8. The lowest BCUT2D eigenvalue weighted by molar-refractivity contribution is 0.0732. The molecule has 1 aliphatic rings. The number of hydrogen-bond acceptors (Lipinski definition) is 4. The van der Waals surface area contributed by atoms with E-state index < -0.39 is 0 Å². The maximum atomic E-state index is 5.28. The van der Waals surface area contributed by atoms with E-state index in [4.69, 9.17) is 9.73 Å². The Morgan fingerprint density at radius 1 is 1.40 bits per heavy atom. The van der Waals surface area contributed by atoms with Crippen LogP contribution in [0.25, 0.3) is 0 Å². The minimum absolute atomic E-state index is 0.390. The topological polar surface area (TPSA) is 58.5 Å². The van der Waals surface area contributed by atoms with Gasteiger partial charge >= 0.3 is 0 Å². The summed E-state index contributed by atoms with van der Waals surface area (Å²) in [7, 11) is 1.79. The molecule has 142 valence electrons. The maximum absolute atomic E-state index is 5.28. The number of rotatable bonds is 10. The lowest BCUT2D eigenvalue weighted by atomic mass is 9.67. The highest BCUT2D eigenvalue weighted by Crippen LogP contribution is 2.43. The molecule has 25 heavy (non-hydrogen) atoms. The zero-order valence-corrected chi connectivity index (χ0v) is 17.0. The van der Waals surface area contributed by atoms with Crippen LogP contribution in [0.2, 0.25) is 0 Å². The third-order valence-electron chi connectivity index (χ3n) is 4.80. The Labute approximate surface area is 156 Å². The molecule has 1 fully saturated rings. The van der Waals surface area contributed by atoms with E-state index in [0.717, 1.165) is 38.5 Å². The smallest absolute Gasteiger partial charge is 0.191 e. The van der Waals surface area contributed by atoms with Gasteiger partial charge in [0.2, 0.25) is 0 Å². The predicted octanol–water partition coefficient (Wildman–Crippen LogP) is 3.60. The van der Waals surface area contributed by atoms with Crippen molar-refractivity contribution in [3.63, 3.8) is 0 Å². The highest BCUT2D eigenvalue weighted by Gasteiger charge is 2.36. The van der Waals surface area contributed by atoms with E-state index in [1.807, 2.05) is 6.20 Å². The van der Waals surface area contributed by atoms with Gasteiger partial charge in [0.05, 0.1) is 11.6 Å². The number of aromatic nitrogens is 1. The molecule has 0 bridgehead atoms. The minimum atomic E-state index is 0.390. The Balaban J connectivity index is 1.88. The fourth-order valence-electron chi connectivity index (χ4n) is 3.15. The van der Waals surface area contributed by atoms with Crippen molar-refractivity contribution in [1.82, 2.24) is 15.6 Å². The third kappa shape index (κ3) is 6.59. The number of nitrogens with zero attached hydrogens (tertiary/aromatic N) is 2. The molecule has 6 heteroatoms. The summed E-state index contributed by atoms with van der Waals surface area (Å²) >= 11 is 1.78. The van der Waals surface area contributed by atoms with Gasteiger partial charge in [0.25, 0.3) is 0 Å². The standard InChI is InChI=1S/C19H34N4OS/c1-5-20-18(23-14-19(7-6-8-19)9-10-24-4)22-13-16-12-21-17(25-16)11-15(2)3/h12,15H,5-11,13-14H2,1-4H3,(H2,20,22,23). The number of methoxy groups -OCH3 is 1. The number of ether oxygens (including phenoxy) is 1. The van der Waals surface area contributed by atoms with Crippen molar-refractivity contribution in [2.75, 3.05) is 26.8 Å². The van der Waals surface area contributed by atoms with E-state index >= 15 is 0 Å². The summed E-state index contributed by atoms with van der Waals surface area (Å²) in [6.45, 7) is 9.94. The number of guanidine groups is 1. The molecule has 1 aromatic rings. The molecule has 1 saturated carbocycles. The van der Waals surface area contributed by atoms with Crippen LogP contribution in [-0.4, -0.2) is 37.7 Å². The van der Waals surface area contributed by atoms with Crippen LogP contribution < -0.4 is 10.6 Å². The minimum Gasteiger partial charge on any atom is -0.385 e. The van der Waals surface area contributed by atoms with E-state index in [2.05, 4.69) is 36.4 Å². The molecule has 1 heterocycles. The molecule has 5 nitrogen and oxygen atoms in total. The summed E-state index contributed by atoms with van der Waals surface area (Å²) in [6.07, 6.45) is 8.06. The average Bonchev–Trinajstić information content (AvgIpc) is 2.97. The predicted molar refractivity (Wildman–Crippen MR) is 106 cm³/mol. The van der Waals surface area contributed by atoms with E-state index in [0.29, 0.717) is 17.9 Å². The van der Waals surface area contributed by atoms with Crippen molar-refractivity contribution in [3.05, 3.63) is 16.1 Å². The number of nitrogens with one attached hydrogen (secondary N) is 2. The molecule has 0 atom stereocenters. The Kier molecular flexibility index (Phi) is 8.16. The second-order valence-electron chi connectivity index (χ2n) is 7.46. The quantitative estimate of drug-likeness (QED) is 0.491. The molecule has 0 aliphatic heterocycles. The van der Waals surface area contributed by atoms with Gasteiger partial charge in [-0.05, 0) is 37.5 Å². The Bertz CT molecular complexity index is 537. The SMILES string of the molecule is CCNC(=NCc1cnc(CC(C)C)s1)NCC1(CCOC)CCC1. The summed E-state index contributed by atoms with van der Waals surface area (Å²) in [5.74, 6) is 1.55. The zero-order chi connectivity index (χ0) is 18.1. The van der Waals surface area contributed by atoms with Crippen molar-refractivity contribution >= 4 is 17.3 Å². The highest BCUT2D eigenvalue weighted by molar-refractivity contribution is 7.11. The van der Waals surface area contributed by atoms with Gasteiger partial charge in [-0.25, -0.2) is 9.98 Å². The fourth-order valence-corrected chi connectivity index (χ4v) is 4.20. The van der Waals surface area contributed by atoms with Crippen LogP contribution in [-0.2, 0) is 17.7 Å². The third-order valence-corrected chi connectivity index (χ3v) is 5.81. The monoisotopic (exact) mass is 366 g/mol. The van der Waals surface area contributed by atoms with Crippen molar-refractivity contribution in [1.29, 1.82) is 0 Å². The Morgan fingerprint density at radius 3 is 2.80 bits per heavy atom. The van der Waals surface area contributed by atoms with Crippen molar-refractivity contribution in [3.8, 4) is 0 Å². The summed E-state index contributed by atoms with van der Waals surface area (Å²) < 4.78 is 5.28. The molecule has 1 aliphatic carbocycles. The zero-order valence-electron chi connectivity index (χ0n) is 16.2. The average molecular weight is 367 g/mol. The Morgan fingerprint density at radius 2 is 2.20 bits per heavy atom. The molecule has 0 radical (unpaired) electrons. The largest absolute Gasteiger partial charge is 0.385 e. The van der Waals surface area contributed by atoms with Crippen LogP contribution in [0.5, 0.6) is 0 Å². The molecule has 0 unspecified atom stereocenters. The number of hydrogen-bond donors (Lipinski definition) is 2. The van der Waals surface area contributed by atoms with Crippen LogP contribution in [0.1, 0.15) is 56.3 Å². The Hall–Kier alpha value is -1.14. The molecule has 2 N–H and O–H groups in total. The molecule has 1 aromatic heterocycles. The molecular formula is C19H34N4OS. The summed E-state index contributed by atoms with van der Waals surface area (Å²) in [5, 5.41) is 8.12. The van der Waals surface area contributed by atoms with Crippen molar-refractivity contribution in [2.24, 2.45) is 16.3 Å². The molecule has 2 rings (SSSR count). The summed E-state index contributed by atoms with van der Waals surface area (Å²) in [6, 6.07) is 0. The van der Waals surface area contributed by atoms with Crippen LogP contribution in [0.3, 0.4) is 0 Å². The van der Waals surface area contributed by atoms with Gasteiger partial charge in [-0.2, -0.15) is 0 Å². The first-order valence-corrected chi connectivity index (χ1v) is 10.3. The van der Waals surface area contributed by atoms with Gasteiger partial charge in [0.15, 0.2) is 5.96 Å². The van der Waals surface area contributed by atoms with E-state index in [9.17, 15) is 0 Å². The van der Waals surface area contributed by atoms with Gasteiger partial charge < -0.3 is 15.4 Å². The van der Waals surface area contributed by atoms with E-state index in [1.165, 1.54) is 29.1 Å².